The highest BCUT2D eigenvalue weighted by atomic mass is 35.5. The van der Waals surface area contributed by atoms with Crippen molar-refractivity contribution in [2.75, 3.05) is 6.61 Å². The molecule has 0 fully saturated rings. The fourth-order valence-electron chi connectivity index (χ4n) is 2.37. The zero-order valence-electron chi connectivity index (χ0n) is 17.5. The number of nitriles is 2. The first-order chi connectivity index (χ1) is 15.8. The molecular weight excluding hydrogens is 483 g/mol. The molecule has 0 N–H and O–H groups in total. The molecule has 3 rings (SSSR count). The first-order valence-electron chi connectivity index (χ1n) is 9.35. The lowest BCUT2D eigenvalue weighted by Crippen LogP contribution is -2.05. The summed E-state index contributed by atoms with van der Waals surface area (Å²) in [6.07, 6.45) is 2.88. The normalized spacial score (nSPS) is 9.30. The summed E-state index contributed by atoms with van der Waals surface area (Å²) in [6.45, 7) is 3.98. The van der Waals surface area contributed by atoms with Crippen LogP contribution in [-0.2, 0) is 4.74 Å². The summed E-state index contributed by atoms with van der Waals surface area (Å²) in [5.74, 6) is 5.60. The summed E-state index contributed by atoms with van der Waals surface area (Å²) in [6, 6.07) is 12.0. The third kappa shape index (κ3) is 7.49. The first-order valence-corrected chi connectivity index (χ1v) is 10.5. The Hall–Kier alpha value is -3.60. The van der Waals surface area contributed by atoms with Crippen molar-refractivity contribution in [3.8, 4) is 24.0 Å². The Kier molecular flexibility index (Phi) is 9.67. The molecule has 6 nitrogen and oxygen atoms in total. The van der Waals surface area contributed by atoms with E-state index in [0.717, 1.165) is 11.1 Å². The highest BCUT2D eigenvalue weighted by Crippen LogP contribution is 2.17. The van der Waals surface area contributed by atoms with Gasteiger partial charge in [0.2, 0.25) is 0 Å². The number of carbonyl (C=O) groups excluding carboxylic acids is 1. The zero-order chi connectivity index (χ0) is 24.4. The van der Waals surface area contributed by atoms with Crippen molar-refractivity contribution in [2.24, 2.45) is 0 Å². The molecule has 0 bridgehead atoms. The minimum atomic E-state index is -0.349. The molecule has 33 heavy (non-hydrogen) atoms. The van der Waals surface area contributed by atoms with Crippen LogP contribution in [0, 0.1) is 41.4 Å². The van der Waals surface area contributed by atoms with E-state index in [-0.39, 0.29) is 27.4 Å². The SMILES string of the molecule is CCOC(=O)c1ccc(C#Cc2cnc(C#N)c(Cl)c2)c(C)c1.N#Cc1ncc(Cl)cc1Cl. The Bertz CT molecular complexity index is 1330. The second kappa shape index (κ2) is 12.4. The first kappa shape index (κ1) is 25.7. The van der Waals surface area contributed by atoms with Crippen molar-refractivity contribution in [1.29, 1.82) is 10.5 Å². The minimum absolute atomic E-state index is 0.173. The summed E-state index contributed by atoms with van der Waals surface area (Å²) in [5.41, 5.74) is 3.15. The molecule has 0 saturated heterocycles. The average Bonchev–Trinajstić information content (AvgIpc) is 2.79. The van der Waals surface area contributed by atoms with Crippen LogP contribution in [0.15, 0.2) is 42.7 Å². The topological polar surface area (TPSA) is 99.7 Å². The number of ether oxygens (including phenoxy) is 1. The predicted molar refractivity (Wildman–Crippen MR) is 126 cm³/mol. The summed E-state index contributed by atoms with van der Waals surface area (Å²) in [4.78, 5) is 19.3. The lowest BCUT2D eigenvalue weighted by Gasteiger charge is -2.04. The molecule has 0 unspecified atom stereocenters. The van der Waals surface area contributed by atoms with Gasteiger partial charge in [0.1, 0.15) is 12.1 Å². The molecule has 9 heteroatoms. The van der Waals surface area contributed by atoms with Gasteiger partial charge in [0, 0.05) is 23.5 Å². The largest absolute Gasteiger partial charge is 0.462 e. The maximum absolute atomic E-state index is 11.7. The third-order valence-electron chi connectivity index (χ3n) is 3.94. The van der Waals surface area contributed by atoms with Crippen LogP contribution in [0.2, 0.25) is 15.1 Å². The van der Waals surface area contributed by atoms with E-state index in [1.54, 1.807) is 31.2 Å². The fourth-order valence-corrected chi connectivity index (χ4v) is 3.00. The molecule has 0 atom stereocenters. The molecule has 0 saturated carbocycles. The molecular formula is C24H15Cl3N4O2. The Morgan fingerprint density at radius 1 is 0.970 bits per heavy atom. The van der Waals surface area contributed by atoms with Crippen molar-refractivity contribution in [1.82, 2.24) is 9.97 Å². The van der Waals surface area contributed by atoms with Gasteiger partial charge >= 0.3 is 5.97 Å². The zero-order valence-corrected chi connectivity index (χ0v) is 19.8. The number of esters is 1. The Morgan fingerprint density at radius 3 is 2.15 bits per heavy atom. The van der Waals surface area contributed by atoms with Crippen molar-refractivity contribution < 1.29 is 9.53 Å². The number of halogens is 3. The van der Waals surface area contributed by atoms with Gasteiger partial charge in [-0.25, -0.2) is 14.8 Å². The average molecular weight is 498 g/mol. The number of pyridine rings is 2. The van der Waals surface area contributed by atoms with Gasteiger partial charge in [-0.3, -0.25) is 0 Å². The van der Waals surface area contributed by atoms with Crippen LogP contribution in [0.4, 0.5) is 0 Å². The summed E-state index contributed by atoms with van der Waals surface area (Å²) in [5, 5.41) is 18.2. The van der Waals surface area contributed by atoms with Crippen molar-refractivity contribution in [3.05, 3.63) is 91.4 Å². The van der Waals surface area contributed by atoms with Crippen LogP contribution >= 0.6 is 34.8 Å². The molecule has 3 aromatic rings. The second-order valence-corrected chi connectivity index (χ2v) is 7.51. The monoisotopic (exact) mass is 496 g/mol. The van der Waals surface area contributed by atoms with Crippen LogP contribution in [0.1, 0.15) is 45.4 Å². The van der Waals surface area contributed by atoms with Crippen LogP contribution in [0.3, 0.4) is 0 Å². The second-order valence-electron chi connectivity index (χ2n) is 6.26. The molecule has 2 heterocycles. The Labute approximate surface area is 206 Å². The van der Waals surface area contributed by atoms with E-state index >= 15 is 0 Å². The van der Waals surface area contributed by atoms with Crippen LogP contribution in [0.25, 0.3) is 0 Å². The molecule has 0 radical (unpaired) electrons. The number of aromatic nitrogens is 2. The van der Waals surface area contributed by atoms with Gasteiger partial charge in [-0.2, -0.15) is 10.5 Å². The number of carbonyl (C=O) groups is 1. The molecule has 2 aromatic heterocycles. The molecule has 0 amide bonds. The number of benzene rings is 1. The highest BCUT2D eigenvalue weighted by Gasteiger charge is 2.07. The number of rotatable bonds is 2. The number of nitrogens with zero attached hydrogens (tertiary/aromatic N) is 4. The summed E-state index contributed by atoms with van der Waals surface area (Å²) >= 11 is 17.0. The fraction of sp³-hybridized carbons (Fsp3) is 0.125. The quantitative estimate of drug-likeness (QED) is 0.330. The smallest absolute Gasteiger partial charge is 0.338 e. The third-order valence-corrected chi connectivity index (χ3v) is 4.72. The van der Waals surface area contributed by atoms with Gasteiger partial charge in [0.15, 0.2) is 11.4 Å². The van der Waals surface area contributed by atoms with Crippen molar-refractivity contribution >= 4 is 40.8 Å². The highest BCUT2D eigenvalue weighted by molar-refractivity contribution is 6.35. The molecule has 164 valence electrons. The summed E-state index contributed by atoms with van der Waals surface area (Å²) in [7, 11) is 0. The molecule has 0 aliphatic heterocycles. The lowest BCUT2D eigenvalue weighted by atomic mass is 10.1. The molecule has 0 aliphatic carbocycles. The van der Waals surface area contributed by atoms with Gasteiger partial charge < -0.3 is 4.74 Å². The van der Waals surface area contributed by atoms with Crippen molar-refractivity contribution in [2.45, 2.75) is 13.8 Å². The van der Waals surface area contributed by atoms with Gasteiger partial charge in [0.25, 0.3) is 0 Å². The molecule has 0 aliphatic rings. The maximum atomic E-state index is 11.7. The van der Waals surface area contributed by atoms with E-state index in [9.17, 15) is 4.79 Å². The van der Waals surface area contributed by atoms with E-state index in [2.05, 4.69) is 21.8 Å². The van der Waals surface area contributed by atoms with Gasteiger partial charge in [-0.15, -0.1) is 0 Å². The maximum Gasteiger partial charge on any atom is 0.338 e. The lowest BCUT2D eigenvalue weighted by molar-refractivity contribution is 0.0526. The van der Waals surface area contributed by atoms with Crippen molar-refractivity contribution in [3.63, 3.8) is 0 Å². The number of hydrogen-bond donors (Lipinski definition) is 0. The molecule has 0 spiro atoms. The minimum Gasteiger partial charge on any atom is -0.462 e. The van der Waals surface area contributed by atoms with E-state index in [0.29, 0.717) is 22.8 Å². The summed E-state index contributed by atoms with van der Waals surface area (Å²) < 4.78 is 4.96. The number of hydrogen-bond acceptors (Lipinski definition) is 6. The van der Waals surface area contributed by atoms with Crippen LogP contribution in [-0.4, -0.2) is 22.5 Å². The van der Waals surface area contributed by atoms with E-state index in [1.807, 2.05) is 19.1 Å². The van der Waals surface area contributed by atoms with Gasteiger partial charge in [0.05, 0.1) is 27.2 Å². The van der Waals surface area contributed by atoms with Crippen LogP contribution < -0.4 is 0 Å². The standard InChI is InChI=1S/C18H13ClN2O2.C6H2Cl2N2/c1-3-23-18(22)15-7-6-14(12(2)8-15)5-4-13-9-16(19)17(10-20)21-11-13;7-4-1-5(8)6(2-9)10-3-4/h6-9,11H,3H2,1-2H3;1,3H. The van der Waals surface area contributed by atoms with Crippen LogP contribution in [0.5, 0.6) is 0 Å². The molecule has 1 aromatic carbocycles. The Morgan fingerprint density at radius 2 is 1.61 bits per heavy atom. The van der Waals surface area contributed by atoms with E-state index in [4.69, 9.17) is 50.1 Å². The van der Waals surface area contributed by atoms with E-state index in [1.165, 1.54) is 18.5 Å². The van der Waals surface area contributed by atoms with E-state index < -0.39 is 0 Å². The Balaban J connectivity index is 0.000000321. The predicted octanol–water partition coefficient (Wildman–Crippen LogP) is 5.75. The number of aryl methyl sites for hydroxylation is 1. The van der Waals surface area contributed by atoms with Gasteiger partial charge in [-0.1, -0.05) is 46.6 Å². The van der Waals surface area contributed by atoms with Gasteiger partial charge in [-0.05, 0) is 49.7 Å².